The number of aromatic nitrogens is 2. The minimum Gasteiger partial charge on any atom is -0.351 e. The normalized spacial score (nSPS) is 13.2. The summed E-state index contributed by atoms with van der Waals surface area (Å²) in [6.07, 6.45) is 2.38. The number of nitrogens with zero attached hydrogens (tertiary/aromatic N) is 2. The van der Waals surface area contributed by atoms with Gasteiger partial charge in [0.05, 0.1) is 5.25 Å². The first kappa shape index (κ1) is 17.8. The summed E-state index contributed by atoms with van der Waals surface area (Å²) < 4.78 is 1.85. The van der Waals surface area contributed by atoms with Gasteiger partial charge in [0.2, 0.25) is 5.91 Å². The van der Waals surface area contributed by atoms with E-state index < -0.39 is 0 Å². The van der Waals surface area contributed by atoms with Crippen LogP contribution in [0.3, 0.4) is 0 Å². The molecule has 114 valence electrons. The van der Waals surface area contributed by atoms with Crippen molar-refractivity contribution in [2.45, 2.75) is 66.9 Å². The standard InChI is InChI=1S/C13H23N3OS3/c1-6-7-8-18-11-15-16-12(20-11)19-9(2)10(17)14-13(3,4)5/h9H,6-8H2,1-5H3,(H,14,17). The van der Waals surface area contributed by atoms with Gasteiger partial charge in [-0.2, -0.15) is 0 Å². The molecule has 1 aromatic heterocycles. The third kappa shape index (κ3) is 6.95. The Bertz CT molecular complexity index is 429. The molecule has 0 aliphatic rings. The van der Waals surface area contributed by atoms with Crippen LogP contribution in [-0.4, -0.2) is 32.6 Å². The maximum atomic E-state index is 12.0. The highest BCUT2D eigenvalue weighted by Gasteiger charge is 2.21. The van der Waals surface area contributed by atoms with Gasteiger partial charge in [0.1, 0.15) is 0 Å². The molecule has 0 aromatic carbocycles. The van der Waals surface area contributed by atoms with Crippen molar-refractivity contribution in [3.63, 3.8) is 0 Å². The Kier molecular flexibility index (Phi) is 7.33. The molecular formula is C13H23N3OS3. The predicted octanol–water partition coefficient (Wildman–Crippen LogP) is 3.83. The monoisotopic (exact) mass is 333 g/mol. The molecule has 20 heavy (non-hydrogen) atoms. The molecule has 0 saturated carbocycles. The molecule has 1 unspecified atom stereocenters. The Labute approximate surface area is 133 Å². The van der Waals surface area contributed by atoms with Gasteiger partial charge in [0.15, 0.2) is 8.68 Å². The maximum Gasteiger partial charge on any atom is 0.233 e. The number of hydrogen-bond donors (Lipinski definition) is 1. The van der Waals surface area contributed by atoms with Gasteiger partial charge in [0.25, 0.3) is 0 Å². The van der Waals surface area contributed by atoms with Crippen molar-refractivity contribution in [3.8, 4) is 0 Å². The summed E-state index contributed by atoms with van der Waals surface area (Å²) in [6.45, 7) is 10.0. The van der Waals surface area contributed by atoms with Crippen molar-refractivity contribution in [1.82, 2.24) is 15.5 Å². The van der Waals surface area contributed by atoms with Crippen LogP contribution in [0.4, 0.5) is 0 Å². The number of nitrogens with one attached hydrogen (secondary N) is 1. The second kappa shape index (κ2) is 8.24. The average Bonchev–Trinajstić information content (AvgIpc) is 2.75. The highest BCUT2D eigenvalue weighted by atomic mass is 32.2. The van der Waals surface area contributed by atoms with Gasteiger partial charge in [-0.1, -0.05) is 48.2 Å². The number of hydrogen-bond acceptors (Lipinski definition) is 6. The number of amides is 1. The van der Waals surface area contributed by atoms with Gasteiger partial charge < -0.3 is 5.32 Å². The lowest BCUT2D eigenvalue weighted by molar-refractivity contribution is -0.121. The Morgan fingerprint density at radius 3 is 2.60 bits per heavy atom. The third-order valence-corrected chi connectivity index (χ3v) is 5.58. The van der Waals surface area contributed by atoms with Crippen LogP contribution in [-0.2, 0) is 4.79 Å². The summed E-state index contributed by atoms with van der Waals surface area (Å²) in [5, 5.41) is 11.1. The molecule has 0 saturated heterocycles. The lowest BCUT2D eigenvalue weighted by Gasteiger charge is -2.22. The first-order chi connectivity index (χ1) is 9.31. The van der Waals surface area contributed by atoms with Crippen molar-refractivity contribution in [3.05, 3.63) is 0 Å². The first-order valence-electron chi connectivity index (χ1n) is 6.77. The van der Waals surface area contributed by atoms with E-state index in [0.29, 0.717) is 0 Å². The van der Waals surface area contributed by atoms with E-state index in [-0.39, 0.29) is 16.7 Å². The fourth-order valence-corrected chi connectivity index (χ4v) is 4.60. The van der Waals surface area contributed by atoms with Crippen LogP contribution in [0.1, 0.15) is 47.5 Å². The summed E-state index contributed by atoms with van der Waals surface area (Å²) in [6, 6.07) is 0. The summed E-state index contributed by atoms with van der Waals surface area (Å²) in [5.41, 5.74) is -0.200. The predicted molar refractivity (Wildman–Crippen MR) is 88.8 cm³/mol. The summed E-state index contributed by atoms with van der Waals surface area (Å²) in [7, 11) is 0. The number of rotatable bonds is 7. The third-order valence-electron chi connectivity index (χ3n) is 2.26. The molecule has 4 nitrogen and oxygen atoms in total. The Morgan fingerprint density at radius 1 is 1.35 bits per heavy atom. The number of carbonyl (C=O) groups is 1. The fraction of sp³-hybridized carbons (Fsp3) is 0.769. The van der Waals surface area contributed by atoms with Gasteiger partial charge in [-0.15, -0.1) is 10.2 Å². The molecular weight excluding hydrogens is 310 g/mol. The molecule has 7 heteroatoms. The Morgan fingerprint density at radius 2 is 2.00 bits per heavy atom. The second-order valence-electron chi connectivity index (χ2n) is 5.54. The van der Waals surface area contributed by atoms with Crippen LogP contribution in [0.25, 0.3) is 0 Å². The van der Waals surface area contributed by atoms with E-state index in [1.165, 1.54) is 24.6 Å². The molecule has 0 fully saturated rings. The molecule has 1 heterocycles. The van der Waals surface area contributed by atoms with E-state index in [2.05, 4.69) is 22.4 Å². The second-order valence-corrected chi connectivity index (χ2v) is 9.44. The van der Waals surface area contributed by atoms with Crippen molar-refractivity contribution < 1.29 is 4.79 Å². The van der Waals surface area contributed by atoms with Crippen LogP contribution < -0.4 is 5.32 Å². The minimum absolute atomic E-state index is 0.0397. The van der Waals surface area contributed by atoms with Crippen molar-refractivity contribution in [2.75, 3.05) is 5.75 Å². The van der Waals surface area contributed by atoms with Crippen LogP contribution in [0.15, 0.2) is 8.68 Å². The number of carbonyl (C=O) groups excluding carboxylic acids is 1. The Balaban J connectivity index is 2.45. The van der Waals surface area contributed by atoms with Gasteiger partial charge in [-0.25, -0.2) is 0 Å². The molecule has 1 amide bonds. The number of thioether (sulfide) groups is 2. The number of unbranched alkanes of at least 4 members (excludes halogenated alkanes) is 1. The minimum atomic E-state index is -0.200. The van der Waals surface area contributed by atoms with Gasteiger partial charge >= 0.3 is 0 Å². The van der Waals surface area contributed by atoms with Crippen LogP contribution in [0.2, 0.25) is 0 Å². The molecule has 0 aliphatic carbocycles. The molecule has 0 aliphatic heterocycles. The molecule has 1 aromatic rings. The lowest BCUT2D eigenvalue weighted by Crippen LogP contribution is -2.44. The zero-order chi connectivity index (χ0) is 15.2. The molecule has 1 atom stereocenters. The highest BCUT2D eigenvalue weighted by Crippen LogP contribution is 2.31. The van der Waals surface area contributed by atoms with E-state index in [1.54, 1.807) is 23.1 Å². The fourth-order valence-electron chi connectivity index (χ4n) is 1.28. The van der Waals surface area contributed by atoms with Crippen LogP contribution in [0, 0.1) is 0 Å². The molecule has 0 bridgehead atoms. The summed E-state index contributed by atoms with van der Waals surface area (Å²) in [4.78, 5) is 12.0. The summed E-state index contributed by atoms with van der Waals surface area (Å²) >= 11 is 4.79. The molecule has 0 spiro atoms. The van der Waals surface area contributed by atoms with Crippen molar-refractivity contribution in [1.29, 1.82) is 0 Å². The quantitative estimate of drug-likeness (QED) is 0.607. The van der Waals surface area contributed by atoms with Crippen molar-refractivity contribution >= 4 is 40.8 Å². The first-order valence-corrected chi connectivity index (χ1v) is 9.45. The van der Waals surface area contributed by atoms with Crippen LogP contribution in [0.5, 0.6) is 0 Å². The van der Waals surface area contributed by atoms with Gasteiger partial charge in [-0.05, 0) is 34.1 Å². The smallest absolute Gasteiger partial charge is 0.233 e. The highest BCUT2D eigenvalue weighted by molar-refractivity contribution is 8.03. The Hall–Kier alpha value is -0.270. The van der Waals surface area contributed by atoms with Gasteiger partial charge in [0, 0.05) is 11.3 Å². The van der Waals surface area contributed by atoms with Crippen LogP contribution >= 0.6 is 34.9 Å². The maximum absolute atomic E-state index is 12.0. The molecule has 1 rings (SSSR count). The van der Waals surface area contributed by atoms with E-state index in [1.807, 2.05) is 27.7 Å². The largest absolute Gasteiger partial charge is 0.351 e. The molecule has 1 N–H and O–H groups in total. The summed E-state index contributed by atoms with van der Waals surface area (Å²) in [5.74, 6) is 1.12. The topological polar surface area (TPSA) is 54.9 Å². The van der Waals surface area contributed by atoms with E-state index in [9.17, 15) is 4.79 Å². The average molecular weight is 334 g/mol. The van der Waals surface area contributed by atoms with E-state index >= 15 is 0 Å². The van der Waals surface area contributed by atoms with Crippen molar-refractivity contribution in [2.24, 2.45) is 0 Å². The molecule has 0 radical (unpaired) electrons. The van der Waals surface area contributed by atoms with E-state index in [4.69, 9.17) is 0 Å². The zero-order valence-electron chi connectivity index (χ0n) is 12.7. The zero-order valence-corrected chi connectivity index (χ0v) is 15.2. The SMILES string of the molecule is CCCCSc1nnc(SC(C)C(=O)NC(C)(C)C)s1. The lowest BCUT2D eigenvalue weighted by atomic mass is 10.1. The van der Waals surface area contributed by atoms with E-state index in [0.717, 1.165) is 14.4 Å². The van der Waals surface area contributed by atoms with Gasteiger partial charge in [-0.3, -0.25) is 4.79 Å².